The van der Waals surface area contributed by atoms with Gasteiger partial charge in [-0.05, 0) is 24.3 Å². The number of nitrogens with zero attached hydrogens (tertiary/aromatic N) is 2. The molecule has 21 heavy (non-hydrogen) atoms. The number of nitriles is 1. The summed E-state index contributed by atoms with van der Waals surface area (Å²) in [7, 11) is 1.63. The summed E-state index contributed by atoms with van der Waals surface area (Å²) in [6.45, 7) is 0.204. The van der Waals surface area contributed by atoms with Crippen LogP contribution in [0.4, 0.5) is 5.69 Å². The minimum atomic E-state index is -1.06. The van der Waals surface area contributed by atoms with Crippen LogP contribution in [0.2, 0.25) is 0 Å². The van der Waals surface area contributed by atoms with Gasteiger partial charge in [0.1, 0.15) is 11.6 Å². The summed E-state index contributed by atoms with van der Waals surface area (Å²) in [5.74, 6) is -1.67. The summed E-state index contributed by atoms with van der Waals surface area (Å²) in [5.41, 5.74) is 0.371. The van der Waals surface area contributed by atoms with E-state index in [-0.39, 0.29) is 17.7 Å². The molecule has 0 heterocycles. The van der Waals surface area contributed by atoms with Gasteiger partial charge in [0.15, 0.2) is 0 Å². The molecule has 0 aromatic heterocycles. The molecule has 0 aliphatic heterocycles. The molecule has 0 fully saturated rings. The van der Waals surface area contributed by atoms with Gasteiger partial charge >= 0.3 is 5.97 Å². The second-order valence-corrected chi connectivity index (χ2v) is 4.20. The molecule has 0 aliphatic rings. The number of benzene rings is 1. The van der Waals surface area contributed by atoms with Crippen molar-refractivity contribution in [1.29, 1.82) is 5.26 Å². The minimum Gasteiger partial charge on any atom is -0.478 e. The Morgan fingerprint density at radius 1 is 1.38 bits per heavy atom. The molecule has 0 bridgehead atoms. The second kappa shape index (κ2) is 7.67. The number of aliphatic hydroxyl groups is 1. The Balaban J connectivity index is 2.79. The van der Waals surface area contributed by atoms with E-state index in [1.54, 1.807) is 13.1 Å². The van der Waals surface area contributed by atoms with Crippen molar-refractivity contribution in [2.45, 2.75) is 0 Å². The fourth-order valence-corrected chi connectivity index (χ4v) is 1.48. The molecular weight excluding hydrogens is 274 g/mol. The molecule has 0 atom stereocenters. The van der Waals surface area contributed by atoms with E-state index in [2.05, 4.69) is 5.32 Å². The number of nitrogens with one attached hydrogen (secondary N) is 1. The number of carboxylic acid groups (broad SMARTS) is 1. The maximum Gasteiger partial charge on any atom is 0.335 e. The van der Waals surface area contributed by atoms with Crippen molar-refractivity contribution in [2.75, 3.05) is 25.5 Å². The first-order valence-corrected chi connectivity index (χ1v) is 6.05. The lowest BCUT2D eigenvalue weighted by atomic mass is 10.2. The number of aromatic carboxylic acids is 1. The van der Waals surface area contributed by atoms with E-state index in [0.717, 1.165) is 0 Å². The zero-order chi connectivity index (χ0) is 15.8. The maximum absolute atomic E-state index is 11.9. The van der Waals surface area contributed by atoms with Crippen LogP contribution in [-0.2, 0) is 4.79 Å². The van der Waals surface area contributed by atoms with E-state index in [9.17, 15) is 9.59 Å². The van der Waals surface area contributed by atoms with Crippen molar-refractivity contribution in [1.82, 2.24) is 4.90 Å². The zero-order valence-corrected chi connectivity index (χ0v) is 11.4. The predicted molar refractivity (Wildman–Crippen MR) is 75.4 cm³/mol. The normalized spacial score (nSPS) is 10.6. The van der Waals surface area contributed by atoms with Crippen molar-refractivity contribution in [3.05, 3.63) is 41.6 Å². The third kappa shape index (κ3) is 4.97. The molecule has 1 aromatic rings. The Bertz CT molecular complexity index is 587. The van der Waals surface area contributed by atoms with Crippen LogP contribution in [0.3, 0.4) is 0 Å². The van der Waals surface area contributed by atoms with E-state index < -0.39 is 11.9 Å². The van der Waals surface area contributed by atoms with E-state index in [4.69, 9.17) is 15.5 Å². The van der Waals surface area contributed by atoms with Crippen LogP contribution < -0.4 is 5.32 Å². The van der Waals surface area contributed by atoms with Crippen molar-refractivity contribution >= 4 is 17.6 Å². The molecule has 0 spiro atoms. The number of hydrogen-bond acceptors (Lipinski definition) is 5. The smallest absolute Gasteiger partial charge is 0.335 e. The van der Waals surface area contributed by atoms with Crippen LogP contribution in [-0.4, -0.2) is 47.2 Å². The molecule has 1 amide bonds. The number of carbonyl (C=O) groups excluding carboxylic acids is 1. The Morgan fingerprint density at radius 2 is 2.00 bits per heavy atom. The Hall–Kier alpha value is -2.85. The number of likely N-dealkylation sites (N-methyl/N-ethyl adjacent to an activating group) is 1. The summed E-state index contributed by atoms with van der Waals surface area (Å²) >= 11 is 0. The van der Waals surface area contributed by atoms with Crippen molar-refractivity contribution in [3.8, 4) is 6.07 Å². The number of carbonyl (C=O) groups is 2. The lowest BCUT2D eigenvalue weighted by Gasteiger charge is -2.12. The molecule has 0 saturated carbocycles. The van der Waals surface area contributed by atoms with Gasteiger partial charge in [-0.3, -0.25) is 4.79 Å². The first kappa shape index (κ1) is 16.2. The van der Waals surface area contributed by atoms with Gasteiger partial charge in [0.2, 0.25) is 0 Å². The molecule has 110 valence electrons. The van der Waals surface area contributed by atoms with Gasteiger partial charge in [-0.15, -0.1) is 0 Å². The van der Waals surface area contributed by atoms with Crippen molar-refractivity contribution in [3.63, 3.8) is 0 Å². The fraction of sp³-hybridized carbons (Fsp3) is 0.214. The second-order valence-electron chi connectivity index (χ2n) is 4.20. The summed E-state index contributed by atoms with van der Waals surface area (Å²) in [5, 5.41) is 29.0. The molecule has 0 radical (unpaired) electrons. The van der Waals surface area contributed by atoms with E-state index >= 15 is 0 Å². The topological polar surface area (TPSA) is 114 Å². The largest absolute Gasteiger partial charge is 0.478 e. The van der Waals surface area contributed by atoms with Crippen LogP contribution in [0.5, 0.6) is 0 Å². The standard InChI is InChI=1S/C14H15N3O4/c1-17(6-7-18)9-11(8-15)13(19)16-12-4-2-10(3-5-12)14(20)21/h2-5,9,18H,6-7H2,1H3,(H,16,19)(H,20,21)/b11-9-. The van der Waals surface area contributed by atoms with Crippen LogP contribution in [0.25, 0.3) is 0 Å². The van der Waals surface area contributed by atoms with Crippen molar-refractivity contribution < 1.29 is 19.8 Å². The average Bonchev–Trinajstić information content (AvgIpc) is 2.45. The molecule has 7 heteroatoms. The number of rotatable bonds is 6. The highest BCUT2D eigenvalue weighted by molar-refractivity contribution is 6.06. The Labute approximate surface area is 121 Å². The van der Waals surface area contributed by atoms with Gasteiger partial charge in [0, 0.05) is 25.5 Å². The molecule has 1 rings (SSSR count). The van der Waals surface area contributed by atoms with Gasteiger partial charge < -0.3 is 20.4 Å². The molecular formula is C14H15N3O4. The number of aliphatic hydroxyl groups excluding tert-OH is 1. The number of amides is 1. The summed E-state index contributed by atoms with van der Waals surface area (Å²) in [4.78, 5) is 24.1. The van der Waals surface area contributed by atoms with E-state index in [1.807, 2.05) is 0 Å². The van der Waals surface area contributed by atoms with Crippen LogP contribution in [0.15, 0.2) is 36.0 Å². The van der Waals surface area contributed by atoms with Crippen molar-refractivity contribution in [2.24, 2.45) is 0 Å². The predicted octanol–water partition coefficient (Wildman–Crippen LogP) is 0.655. The monoisotopic (exact) mass is 289 g/mol. The van der Waals surface area contributed by atoms with Gasteiger partial charge in [0.05, 0.1) is 12.2 Å². The summed E-state index contributed by atoms with van der Waals surface area (Å²) < 4.78 is 0. The third-order valence-corrected chi connectivity index (χ3v) is 2.56. The third-order valence-electron chi connectivity index (χ3n) is 2.56. The zero-order valence-electron chi connectivity index (χ0n) is 11.4. The quantitative estimate of drug-likeness (QED) is 0.523. The average molecular weight is 289 g/mol. The Kier molecular flexibility index (Phi) is 5.92. The molecule has 0 unspecified atom stereocenters. The number of carboxylic acids is 1. The van der Waals surface area contributed by atoms with Gasteiger partial charge in [-0.1, -0.05) is 0 Å². The maximum atomic E-state index is 11.9. The number of anilines is 1. The van der Waals surface area contributed by atoms with Gasteiger partial charge in [-0.2, -0.15) is 5.26 Å². The highest BCUT2D eigenvalue weighted by Gasteiger charge is 2.11. The lowest BCUT2D eigenvalue weighted by Crippen LogP contribution is -2.20. The first-order chi connectivity index (χ1) is 9.97. The summed E-state index contributed by atoms with van der Waals surface area (Å²) in [6, 6.07) is 7.35. The first-order valence-electron chi connectivity index (χ1n) is 6.05. The Morgan fingerprint density at radius 3 is 2.48 bits per heavy atom. The van der Waals surface area contributed by atoms with E-state index in [1.165, 1.54) is 35.4 Å². The highest BCUT2D eigenvalue weighted by Crippen LogP contribution is 2.11. The molecule has 0 aliphatic carbocycles. The molecule has 3 N–H and O–H groups in total. The lowest BCUT2D eigenvalue weighted by molar-refractivity contribution is -0.112. The highest BCUT2D eigenvalue weighted by atomic mass is 16.4. The van der Waals surface area contributed by atoms with Crippen LogP contribution >= 0.6 is 0 Å². The molecule has 0 saturated heterocycles. The van der Waals surface area contributed by atoms with Crippen LogP contribution in [0.1, 0.15) is 10.4 Å². The SMILES string of the molecule is CN(/C=C(/C#N)C(=O)Nc1ccc(C(=O)O)cc1)CCO. The number of hydrogen-bond donors (Lipinski definition) is 3. The summed E-state index contributed by atoms with van der Waals surface area (Å²) in [6.07, 6.45) is 1.33. The molecule has 1 aromatic carbocycles. The van der Waals surface area contributed by atoms with Gasteiger partial charge in [0.25, 0.3) is 5.91 Å². The van der Waals surface area contributed by atoms with Crippen LogP contribution in [0, 0.1) is 11.3 Å². The minimum absolute atomic E-state index is 0.0933. The van der Waals surface area contributed by atoms with Gasteiger partial charge in [-0.25, -0.2) is 4.79 Å². The van der Waals surface area contributed by atoms with E-state index in [0.29, 0.717) is 12.2 Å². The molecule has 7 nitrogen and oxygen atoms in total. The fourth-order valence-electron chi connectivity index (χ4n) is 1.48.